The van der Waals surface area contributed by atoms with Crippen LogP contribution in [0.2, 0.25) is 0 Å². The van der Waals surface area contributed by atoms with Crippen LogP contribution in [-0.2, 0) is 0 Å². The highest BCUT2D eigenvalue weighted by Crippen LogP contribution is 2.16. The number of aromatic amines is 1. The van der Waals surface area contributed by atoms with Crippen molar-refractivity contribution in [1.29, 1.82) is 0 Å². The number of carbonyl (C=O) groups is 1. The third-order valence-electron chi connectivity index (χ3n) is 1.82. The summed E-state index contributed by atoms with van der Waals surface area (Å²) in [4.78, 5) is 13.8. The smallest absolute Gasteiger partial charge is 0.329 e. The largest absolute Gasteiger partial charge is 0.371 e. The van der Waals surface area contributed by atoms with Gasteiger partial charge in [0.05, 0.1) is 6.54 Å². The number of nitrogens with one attached hydrogen (secondary N) is 1. The number of anilines is 1. The lowest BCUT2D eigenvalue weighted by atomic mass is 10.5. The van der Waals surface area contributed by atoms with Crippen molar-refractivity contribution in [1.82, 2.24) is 25.5 Å². The zero-order valence-corrected chi connectivity index (χ0v) is 6.88. The Balaban J connectivity index is 2.29. The average molecular weight is 184 g/mol. The van der Waals surface area contributed by atoms with Gasteiger partial charge in [0.25, 0.3) is 5.95 Å². The zero-order chi connectivity index (χ0) is 9.42. The van der Waals surface area contributed by atoms with Crippen molar-refractivity contribution in [2.45, 2.75) is 6.23 Å². The third kappa shape index (κ3) is 1.11. The molecule has 1 aromatic heterocycles. The summed E-state index contributed by atoms with van der Waals surface area (Å²) in [5.41, 5.74) is 0. The van der Waals surface area contributed by atoms with Crippen LogP contribution in [0.1, 0.15) is 0 Å². The van der Waals surface area contributed by atoms with Crippen LogP contribution in [-0.4, -0.2) is 56.5 Å². The number of nitrogens with zero attached hydrogens (tertiary/aromatic N) is 5. The molecule has 0 aliphatic carbocycles. The number of hydrogen-bond acceptors (Lipinski definition) is 5. The number of likely N-dealkylation sites (N-methyl/N-ethyl adjacent to an activating group) is 1. The van der Waals surface area contributed by atoms with Gasteiger partial charge in [-0.3, -0.25) is 0 Å². The number of H-pyrrole nitrogens is 1. The molecule has 1 fully saturated rings. The molecule has 1 aliphatic heterocycles. The maximum absolute atomic E-state index is 11.4. The molecule has 2 amide bonds. The molecule has 0 bridgehead atoms. The molecule has 13 heavy (non-hydrogen) atoms. The van der Waals surface area contributed by atoms with Crippen molar-refractivity contribution in [3.8, 4) is 0 Å². The fraction of sp³-hybridized carbons (Fsp3) is 0.600. The number of aromatic nitrogens is 4. The molecule has 70 valence electrons. The number of aliphatic hydroxyl groups excluding tert-OH is 1. The molecule has 1 aromatic rings. The molecular formula is C5H8N6O2. The Labute approximate surface area is 73.1 Å². The van der Waals surface area contributed by atoms with E-state index in [9.17, 15) is 9.90 Å². The Bertz CT molecular complexity index is 311. The first kappa shape index (κ1) is 7.92. The molecule has 0 spiro atoms. The summed E-state index contributed by atoms with van der Waals surface area (Å²) in [5, 5.41) is 22.2. The van der Waals surface area contributed by atoms with E-state index in [0.29, 0.717) is 0 Å². The normalized spacial score (nSPS) is 22.9. The number of urea groups is 1. The minimum absolute atomic E-state index is 0.0850. The number of aliphatic hydroxyl groups is 1. The minimum atomic E-state index is -0.907. The van der Waals surface area contributed by atoms with Crippen LogP contribution in [0.5, 0.6) is 0 Å². The quantitative estimate of drug-likeness (QED) is 0.547. The van der Waals surface area contributed by atoms with Crippen molar-refractivity contribution >= 4 is 12.0 Å². The van der Waals surface area contributed by atoms with Crippen molar-refractivity contribution in [2.75, 3.05) is 18.5 Å². The van der Waals surface area contributed by atoms with E-state index in [2.05, 4.69) is 20.6 Å². The number of hydrogen-bond donors (Lipinski definition) is 2. The molecular weight excluding hydrogens is 176 g/mol. The van der Waals surface area contributed by atoms with Gasteiger partial charge in [0.1, 0.15) is 0 Å². The maximum atomic E-state index is 11.4. The van der Waals surface area contributed by atoms with E-state index in [4.69, 9.17) is 0 Å². The molecule has 0 radical (unpaired) electrons. The molecule has 2 heterocycles. The monoisotopic (exact) mass is 184 g/mol. The van der Waals surface area contributed by atoms with Crippen LogP contribution < -0.4 is 4.90 Å². The molecule has 1 unspecified atom stereocenters. The first-order valence-corrected chi connectivity index (χ1v) is 3.66. The standard InChI is InChI=1S/C5H8N6O2/c1-10-2-3(12)11(5(10)13)4-6-8-9-7-4/h3,12H,2H2,1H3,(H,6,7,8,9). The van der Waals surface area contributed by atoms with Crippen LogP contribution in [0.15, 0.2) is 0 Å². The van der Waals surface area contributed by atoms with Crippen molar-refractivity contribution < 1.29 is 9.90 Å². The summed E-state index contributed by atoms with van der Waals surface area (Å²) in [6.45, 7) is 0.243. The summed E-state index contributed by atoms with van der Waals surface area (Å²) in [6, 6.07) is -0.339. The van der Waals surface area contributed by atoms with Crippen LogP contribution in [0, 0.1) is 0 Å². The summed E-state index contributed by atoms with van der Waals surface area (Å²) in [7, 11) is 1.59. The topological polar surface area (TPSA) is 98.2 Å². The van der Waals surface area contributed by atoms with E-state index in [0.717, 1.165) is 4.90 Å². The highest BCUT2D eigenvalue weighted by atomic mass is 16.3. The van der Waals surface area contributed by atoms with E-state index < -0.39 is 6.23 Å². The van der Waals surface area contributed by atoms with Gasteiger partial charge < -0.3 is 10.0 Å². The molecule has 1 aliphatic rings. The Morgan fingerprint density at radius 1 is 1.69 bits per heavy atom. The molecule has 8 heteroatoms. The van der Waals surface area contributed by atoms with Gasteiger partial charge >= 0.3 is 6.03 Å². The second kappa shape index (κ2) is 2.66. The maximum Gasteiger partial charge on any atom is 0.329 e. The summed E-state index contributed by atoms with van der Waals surface area (Å²) < 4.78 is 0. The number of tetrazole rings is 1. The Morgan fingerprint density at radius 2 is 2.46 bits per heavy atom. The van der Waals surface area contributed by atoms with Gasteiger partial charge in [-0.2, -0.15) is 5.21 Å². The van der Waals surface area contributed by atoms with Crippen LogP contribution in [0.4, 0.5) is 10.7 Å². The minimum Gasteiger partial charge on any atom is -0.371 e. The lowest BCUT2D eigenvalue weighted by molar-refractivity contribution is 0.182. The van der Waals surface area contributed by atoms with Gasteiger partial charge in [0.15, 0.2) is 6.23 Å². The van der Waals surface area contributed by atoms with Crippen molar-refractivity contribution in [3.05, 3.63) is 0 Å². The summed E-state index contributed by atoms with van der Waals surface area (Å²) in [6.07, 6.45) is -0.907. The number of amides is 2. The summed E-state index contributed by atoms with van der Waals surface area (Å²) >= 11 is 0. The molecule has 2 N–H and O–H groups in total. The predicted octanol–water partition coefficient (Wildman–Crippen LogP) is -1.61. The van der Waals surface area contributed by atoms with E-state index in [-0.39, 0.29) is 18.5 Å². The van der Waals surface area contributed by atoms with Gasteiger partial charge in [0.2, 0.25) is 0 Å². The van der Waals surface area contributed by atoms with E-state index in [1.807, 2.05) is 0 Å². The van der Waals surface area contributed by atoms with Crippen LogP contribution in [0.25, 0.3) is 0 Å². The summed E-state index contributed by atoms with van der Waals surface area (Å²) in [5.74, 6) is 0.0850. The fourth-order valence-electron chi connectivity index (χ4n) is 1.19. The average Bonchev–Trinajstić information content (AvgIpc) is 2.63. The molecule has 2 rings (SSSR count). The molecule has 0 saturated carbocycles. The Hall–Kier alpha value is -1.70. The van der Waals surface area contributed by atoms with Gasteiger partial charge in [-0.25, -0.2) is 9.69 Å². The molecule has 8 nitrogen and oxygen atoms in total. The predicted molar refractivity (Wildman–Crippen MR) is 40.7 cm³/mol. The van der Waals surface area contributed by atoms with Crippen LogP contribution >= 0.6 is 0 Å². The van der Waals surface area contributed by atoms with E-state index >= 15 is 0 Å². The van der Waals surface area contributed by atoms with Gasteiger partial charge in [-0.1, -0.05) is 5.10 Å². The van der Waals surface area contributed by atoms with E-state index in [1.54, 1.807) is 7.05 Å². The Kier molecular flexibility index (Phi) is 1.62. The number of carbonyl (C=O) groups excluding carboxylic acids is 1. The molecule has 0 aromatic carbocycles. The second-order valence-electron chi connectivity index (χ2n) is 2.73. The van der Waals surface area contributed by atoms with Gasteiger partial charge in [-0.05, 0) is 5.21 Å². The van der Waals surface area contributed by atoms with Gasteiger partial charge in [-0.15, -0.1) is 5.10 Å². The van der Waals surface area contributed by atoms with Crippen molar-refractivity contribution in [3.63, 3.8) is 0 Å². The Morgan fingerprint density at radius 3 is 2.92 bits per heavy atom. The molecule has 1 saturated heterocycles. The SMILES string of the molecule is CN1CC(O)N(c2nn[nH]n2)C1=O. The lowest BCUT2D eigenvalue weighted by Gasteiger charge is -2.12. The number of β-amino-alcohol motifs (C(OH)–C–C–N with tert-alkyl or cyclic N) is 1. The fourth-order valence-corrected chi connectivity index (χ4v) is 1.19. The zero-order valence-electron chi connectivity index (χ0n) is 6.88. The first-order chi connectivity index (χ1) is 6.20. The first-order valence-electron chi connectivity index (χ1n) is 3.66. The lowest BCUT2D eigenvalue weighted by Crippen LogP contribution is -2.35. The second-order valence-corrected chi connectivity index (χ2v) is 2.73. The van der Waals surface area contributed by atoms with Gasteiger partial charge in [0, 0.05) is 7.05 Å². The van der Waals surface area contributed by atoms with Crippen molar-refractivity contribution in [2.24, 2.45) is 0 Å². The number of rotatable bonds is 1. The van der Waals surface area contributed by atoms with Crippen LogP contribution in [0.3, 0.4) is 0 Å². The van der Waals surface area contributed by atoms with E-state index in [1.165, 1.54) is 4.90 Å². The third-order valence-corrected chi connectivity index (χ3v) is 1.82. The molecule has 1 atom stereocenters. The highest BCUT2D eigenvalue weighted by Gasteiger charge is 2.37. The highest BCUT2D eigenvalue weighted by molar-refractivity contribution is 5.92.